The van der Waals surface area contributed by atoms with E-state index in [1.807, 2.05) is 0 Å². The summed E-state index contributed by atoms with van der Waals surface area (Å²) in [5.41, 5.74) is 5.65. The number of nitrogens with zero attached hydrogens (tertiary/aromatic N) is 1. The van der Waals surface area contributed by atoms with Gasteiger partial charge in [-0.15, -0.1) is 0 Å². The van der Waals surface area contributed by atoms with E-state index in [1.165, 1.54) is 0 Å². The molecule has 0 spiro atoms. The average Bonchev–Trinajstić information content (AvgIpc) is 2.27. The van der Waals surface area contributed by atoms with Crippen molar-refractivity contribution in [2.45, 2.75) is 58.9 Å². The van der Waals surface area contributed by atoms with Gasteiger partial charge in [-0.05, 0) is 37.6 Å². The lowest BCUT2D eigenvalue weighted by Crippen LogP contribution is -2.45. The van der Waals surface area contributed by atoms with Gasteiger partial charge < -0.3 is 5.73 Å². The van der Waals surface area contributed by atoms with Crippen molar-refractivity contribution in [2.75, 3.05) is 18.8 Å². The van der Waals surface area contributed by atoms with Crippen LogP contribution in [0.4, 0.5) is 0 Å². The maximum atomic E-state index is 12.4. The first-order valence-electron chi connectivity index (χ1n) is 6.96. The minimum atomic E-state index is -3.11. The molecule has 4 nitrogen and oxygen atoms in total. The molecular weight excluding hydrogens is 248 g/mol. The Morgan fingerprint density at radius 3 is 2.50 bits per heavy atom. The van der Waals surface area contributed by atoms with E-state index in [1.54, 1.807) is 4.31 Å². The quantitative estimate of drug-likeness (QED) is 0.835. The van der Waals surface area contributed by atoms with E-state index < -0.39 is 10.0 Å². The molecule has 108 valence electrons. The highest BCUT2D eigenvalue weighted by atomic mass is 32.2. The third-order valence-corrected chi connectivity index (χ3v) is 5.46. The fourth-order valence-electron chi connectivity index (χ4n) is 2.37. The van der Waals surface area contributed by atoms with Crippen molar-refractivity contribution in [3.63, 3.8) is 0 Å². The zero-order valence-electron chi connectivity index (χ0n) is 12.0. The fraction of sp³-hybridized carbons (Fsp3) is 1.00. The van der Waals surface area contributed by atoms with Crippen LogP contribution in [0.15, 0.2) is 0 Å². The molecule has 0 saturated carbocycles. The summed E-state index contributed by atoms with van der Waals surface area (Å²) in [4.78, 5) is 0. The molecule has 0 radical (unpaired) electrons. The number of hydrogen-bond acceptors (Lipinski definition) is 3. The highest BCUT2D eigenvalue weighted by molar-refractivity contribution is 7.89. The minimum Gasteiger partial charge on any atom is -0.330 e. The Morgan fingerprint density at radius 1 is 1.28 bits per heavy atom. The van der Waals surface area contributed by atoms with Gasteiger partial charge in [-0.1, -0.05) is 27.2 Å². The lowest BCUT2D eigenvalue weighted by Gasteiger charge is -2.35. The molecule has 1 fully saturated rings. The molecule has 0 aliphatic carbocycles. The van der Waals surface area contributed by atoms with Crippen LogP contribution in [0.1, 0.15) is 52.9 Å². The summed E-state index contributed by atoms with van der Waals surface area (Å²) in [5.74, 6) is 0.261. The number of hydrogen-bond donors (Lipinski definition) is 1. The first kappa shape index (κ1) is 15.9. The summed E-state index contributed by atoms with van der Waals surface area (Å²) in [5, 5.41) is 0. The van der Waals surface area contributed by atoms with Gasteiger partial charge in [-0.3, -0.25) is 0 Å². The van der Waals surface area contributed by atoms with Crippen LogP contribution in [0, 0.1) is 5.41 Å². The lowest BCUT2D eigenvalue weighted by molar-refractivity contribution is 0.241. The fourth-order valence-corrected chi connectivity index (χ4v) is 4.55. The molecule has 18 heavy (non-hydrogen) atoms. The minimum absolute atomic E-state index is 0.0617. The third-order valence-electron chi connectivity index (χ3n) is 3.54. The molecule has 1 heterocycles. The molecule has 1 atom stereocenters. The van der Waals surface area contributed by atoms with Gasteiger partial charge in [0, 0.05) is 12.6 Å². The largest absolute Gasteiger partial charge is 0.330 e. The van der Waals surface area contributed by atoms with Crippen LogP contribution in [-0.4, -0.2) is 37.6 Å². The highest BCUT2D eigenvalue weighted by Crippen LogP contribution is 2.26. The lowest BCUT2D eigenvalue weighted by atomic mass is 9.94. The van der Waals surface area contributed by atoms with E-state index >= 15 is 0 Å². The van der Waals surface area contributed by atoms with Gasteiger partial charge in [0.2, 0.25) is 10.0 Å². The summed E-state index contributed by atoms with van der Waals surface area (Å²) < 4.78 is 26.5. The summed E-state index contributed by atoms with van der Waals surface area (Å²) in [6.07, 6.45) is 4.56. The number of piperidine rings is 1. The van der Waals surface area contributed by atoms with Crippen LogP contribution in [-0.2, 0) is 10.0 Å². The van der Waals surface area contributed by atoms with Gasteiger partial charge in [0.05, 0.1) is 5.75 Å². The molecular formula is C13H28N2O2S. The second kappa shape index (κ2) is 6.35. The molecule has 1 rings (SSSR count). The molecule has 0 aromatic rings. The maximum absolute atomic E-state index is 12.4. The maximum Gasteiger partial charge on any atom is 0.214 e. The topological polar surface area (TPSA) is 63.4 Å². The van der Waals surface area contributed by atoms with E-state index in [4.69, 9.17) is 5.73 Å². The molecule has 0 bridgehead atoms. The Labute approximate surface area is 112 Å². The van der Waals surface area contributed by atoms with Gasteiger partial charge in [-0.2, -0.15) is 4.31 Å². The van der Waals surface area contributed by atoms with Gasteiger partial charge >= 0.3 is 0 Å². The molecule has 2 N–H and O–H groups in total. The Morgan fingerprint density at radius 2 is 1.94 bits per heavy atom. The van der Waals surface area contributed by atoms with Crippen LogP contribution < -0.4 is 5.73 Å². The summed E-state index contributed by atoms with van der Waals surface area (Å²) in [6.45, 7) is 7.48. The molecule has 1 saturated heterocycles. The SMILES string of the molecule is CC(C)(C)CCS(=O)(=O)N1CCCCC1CCN. The van der Waals surface area contributed by atoms with Crippen LogP contribution in [0.25, 0.3) is 0 Å². The molecule has 1 aliphatic rings. The smallest absolute Gasteiger partial charge is 0.214 e. The molecule has 0 aromatic heterocycles. The van der Waals surface area contributed by atoms with Crippen molar-refractivity contribution < 1.29 is 8.42 Å². The van der Waals surface area contributed by atoms with Crippen molar-refractivity contribution in [1.29, 1.82) is 0 Å². The van der Waals surface area contributed by atoms with E-state index in [0.29, 0.717) is 19.5 Å². The van der Waals surface area contributed by atoms with Crippen molar-refractivity contribution >= 4 is 10.0 Å². The Hall–Kier alpha value is -0.130. The zero-order valence-corrected chi connectivity index (χ0v) is 12.8. The molecule has 5 heteroatoms. The Bertz CT molecular complexity index is 344. The van der Waals surface area contributed by atoms with Crippen molar-refractivity contribution in [3.8, 4) is 0 Å². The summed E-state index contributed by atoms with van der Waals surface area (Å²) in [7, 11) is -3.11. The van der Waals surface area contributed by atoms with Crippen molar-refractivity contribution in [2.24, 2.45) is 11.1 Å². The number of nitrogens with two attached hydrogens (primary N) is 1. The molecule has 1 aliphatic heterocycles. The van der Waals surface area contributed by atoms with Crippen LogP contribution in [0.2, 0.25) is 0 Å². The normalized spacial score (nSPS) is 23.2. The number of rotatable bonds is 5. The van der Waals surface area contributed by atoms with Crippen molar-refractivity contribution in [1.82, 2.24) is 4.31 Å². The second-order valence-electron chi connectivity index (χ2n) is 6.46. The van der Waals surface area contributed by atoms with E-state index in [-0.39, 0.29) is 17.2 Å². The third kappa shape index (κ3) is 4.86. The Balaban J connectivity index is 2.69. The average molecular weight is 276 g/mol. The highest BCUT2D eigenvalue weighted by Gasteiger charge is 2.32. The van der Waals surface area contributed by atoms with E-state index in [0.717, 1.165) is 25.7 Å². The predicted molar refractivity (Wildman–Crippen MR) is 75.9 cm³/mol. The van der Waals surface area contributed by atoms with Crippen molar-refractivity contribution in [3.05, 3.63) is 0 Å². The Kier molecular flexibility index (Phi) is 5.62. The standard InChI is InChI=1S/C13H28N2O2S/c1-13(2,3)8-11-18(16,17)15-10-5-4-6-12(15)7-9-14/h12H,4-11,14H2,1-3H3. The summed E-state index contributed by atoms with van der Waals surface area (Å²) in [6, 6.07) is 0.133. The first-order chi connectivity index (χ1) is 8.26. The second-order valence-corrected chi connectivity index (χ2v) is 8.51. The number of sulfonamides is 1. The van der Waals surface area contributed by atoms with Crippen LogP contribution >= 0.6 is 0 Å². The van der Waals surface area contributed by atoms with Crippen LogP contribution in [0.5, 0.6) is 0 Å². The molecule has 0 aromatic carbocycles. The monoisotopic (exact) mass is 276 g/mol. The molecule has 1 unspecified atom stereocenters. The van der Waals surface area contributed by atoms with E-state index in [2.05, 4.69) is 20.8 Å². The van der Waals surface area contributed by atoms with Gasteiger partial charge in [0.1, 0.15) is 0 Å². The van der Waals surface area contributed by atoms with Gasteiger partial charge in [-0.25, -0.2) is 8.42 Å². The van der Waals surface area contributed by atoms with Gasteiger partial charge in [0.25, 0.3) is 0 Å². The van der Waals surface area contributed by atoms with E-state index in [9.17, 15) is 8.42 Å². The first-order valence-corrected chi connectivity index (χ1v) is 8.57. The summed E-state index contributed by atoms with van der Waals surface area (Å²) >= 11 is 0. The van der Waals surface area contributed by atoms with Crippen LogP contribution in [0.3, 0.4) is 0 Å². The molecule has 0 amide bonds. The van der Waals surface area contributed by atoms with Gasteiger partial charge in [0.15, 0.2) is 0 Å². The predicted octanol–water partition coefficient (Wildman–Crippen LogP) is 1.96. The zero-order chi connectivity index (χ0) is 13.8.